The van der Waals surface area contributed by atoms with Crippen molar-refractivity contribution >= 4 is 23.3 Å². The van der Waals surface area contributed by atoms with E-state index in [1.807, 2.05) is 11.0 Å². The van der Waals surface area contributed by atoms with Gasteiger partial charge in [0.15, 0.2) is 11.0 Å². The number of nitrogens with zero attached hydrogens (tertiary/aromatic N) is 4. The van der Waals surface area contributed by atoms with Gasteiger partial charge >= 0.3 is 0 Å². The van der Waals surface area contributed by atoms with E-state index in [4.69, 9.17) is 11.6 Å². The maximum atomic E-state index is 12.7. The number of rotatable bonds is 4. The standard InChI is InChI=1S/C20H25ClN4O/c1-14(2)17-6-4-16(5-7-17)12-20(26)24-10-11-25(15(3)13-24)19-9-8-18(21)22-23-19/h4-9,14-15H,10-13H2,1-3H3/t15-/m1/s1. The van der Waals surface area contributed by atoms with Gasteiger partial charge < -0.3 is 9.80 Å². The lowest BCUT2D eigenvalue weighted by atomic mass is 10.0. The van der Waals surface area contributed by atoms with Gasteiger partial charge in [0.05, 0.1) is 6.42 Å². The van der Waals surface area contributed by atoms with Crippen molar-refractivity contribution in [3.05, 3.63) is 52.7 Å². The molecule has 1 aromatic carbocycles. The molecule has 2 heterocycles. The molecule has 1 atom stereocenters. The van der Waals surface area contributed by atoms with Crippen LogP contribution in [0.1, 0.15) is 37.8 Å². The molecule has 5 nitrogen and oxygen atoms in total. The van der Waals surface area contributed by atoms with Crippen molar-refractivity contribution in [3.63, 3.8) is 0 Å². The minimum absolute atomic E-state index is 0.177. The quantitative estimate of drug-likeness (QED) is 0.823. The Balaban J connectivity index is 1.59. The summed E-state index contributed by atoms with van der Waals surface area (Å²) in [5.74, 6) is 1.49. The van der Waals surface area contributed by atoms with E-state index >= 15 is 0 Å². The van der Waals surface area contributed by atoms with Crippen molar-refractivity contribution in [2.45, 2.75) is 39.2 Å². The fourth-order valence-electron chi connectivity index (χ4n) is 3.29. The molecule has 26 heavy (non-hydrogen) atoms. The van der Waals surface area contributed by atoms with Gasteiger partial charge in [0.2, 0.25) is 5.91 Å². The van der Waals surface area contributed by atoms with E-state index in [2.05, 4.69) is 60.1 Å². The predicted octanol–water partition coefficient (Wildman–Crippen LogP) is 3.53. The SMILES string of the molecule is CC(C)c1ccc(CC(=O)N2CCN(c3ccc(Cl)nn3)[C@H](C)C2)cc1. The van der Waals surface area contributed by atoms with E-state index in [0.29, 0.717) is 30.6 Å². The summed E-state index contributed by atoms with van der Waals surface area (Å²) >= 11 is 5.81. The van der Waals surface area contributed by atoms with Crippen LogP contribution in [0.5, 0.6) is 0 Å². The zero-order valence-corrected chi connectivity index (χ0v) is 16.3. The number of benzene rings is 1. The number of piperazine rings is 1. The molecule has 0 spiro atoms. The van der Waals surface area contributed by atoms with E-state index in [1.54, 1.807) is 6.07 Å². The van der Waals surface area contributed by atoms with Crippen molar-refractivity contribution < 1.29 is 4.79 Å². The Morgan fingerprint density at radius 1 is 1.15 bits per heavy atom. The predicted molar refractivity (Wildman–Crippen MR) is 105 cm³/mol. The van der Waals surface area contributed by atoms with Gasteiger partial charge in [-0.1, -0.05) is 49.7 Å². The van der Waals surface area contributed by atoms with E-state index in [-0.39, 0.29) is 11.9 Å². The molecule has 0 bridgehead atoms. The van der Waals surface area contributed by atoms with Crippen LogP contribution in [0.2, 0.25) is 5.15 Å². The molecule has 1 aromatic heterocycles. The summed E-state index contributed by atoms with van der Waals surface area (Å²) in [6.45, 7) is 8.58. The molecular weight excluding hydrogens is 348 g/mol. The molecule has 1 saturated heterocycles. The molecule has 0 N–H and O–H groups in total. The molecule has 2 aromatic rings. The van der Waals surface area contributed by atoms with Gasteiger partial charge in [-0.3, -0.25) is 4.79 Å². The van der Waals surface area contributed by atoms with E-state index in [9.17, 15) is 4.79 Å². The van der Waals surface area contributed by atoms with Crippen LogP contribution in [0.25, 0.3) is 0 Å². The van der Waals surface area contributed by atoms with E-state index < -0.39 is 0 Å². The number of halogens is 1. The first kappa shape index (κ1) is 18.6. The van der Waals surface area contributed by atoms with Gasteiger partial charge in [-0.15, -0.1) is 10.2 Å². The van der Waals surface area contributed by atoms with Crippen LogP contribution in [-0.2, 0) is 11.2 Å². The third kappa shape index (κ3) is 4.33. The van der Waals surface area contributed by atoms with Crippen LogP contribution in [-0.4, -0.2) is 46.7 Å². The molecule has 1 aliphatic rings. The molecule has 0 radical (unpaired) electrons. The molecule has 1 amide bonds. The van der Waals surface area contributed by atoms with Crippen LogP contribution in [0, 0.1) is 0 Å². The third-order valence-corrected chi connectivity index (χ3v) is 5.10. The second kappa shape index (κ2) is 8.04. The summed E-state index contributed by atoms with van der Waals surface area (Å²) in [5.41, 5.74) is 2.37. The highest BCUT2D eigenvalue weighted by molar-refractivity contribution is 6.29. The van der Waals surface area contributed by atoms with Gasteiger partial charge in [0.1, 0.15) is 0 Å². The summed E-state index contributed by atoms with van der Waals surface area (Å²) < 4.78 is 0. The zero-order chi connectivity index (χ0) is 18.7. The van der Waals surface area contributed by atoms with Gasteiger partial charge in [-0.2, -0.15) is 0 Å². The molecule has 0 aliphatic carbocycles. The Hall–Kier alpha value is -2.14. The number of carbonyl (C=O) groups is 1. The summed E-state index contributed by atoms with van der Waals surface area (Å²) in [4.78, 5) is 16.8. The van der Waals surface area contributed by atoms with Crippen LogP contribution in [0.15, 0.2) is 36.4 Å². The summed E-state index contributed by atoms with van der Waals surface area (Å²) in [5, 5.41) is 8.45. The molecule has 0 unspecified atom stereocenters. The maximum absolute atomic E-state index is 12.7. The smallest absolute Gasteiger partial charge is 0.227 e. The number of hydrogen-bond donors (Lipinski definition) is 0. The molecule has 1 fully saturated rings. The van der Waals surface area contributed by atoms with Crippen molar-refractivity contribution in [2.75, 3.05) is 24.5 Å². The minimum Gasteiger partial charge on any atom is -0.349 e. The number of aromatic nitrogens is 2. The summed E-state index contributed by atoms with van der Waals surface area (Å²) in [6.07, 6.45) is 0.450. The largest absolute Gasteiger partial charge is 0.349 e. The van der Waals surface area contributed by atoms with Crippen molar-refractivity contribution in [1.29, 1.82) is 0 Å². The zero-order valence-electron chi connectivity index (χ0n) is 15.5. The Morgan fingerprint density at radius 3 is 2.46 bits per heavy atom. The number of anilines is 1. The first-order valence-corrected chi connectivity index (χ1v) is 9.44. The van der Waals surface area contributed by atoms with Crippen molar-refractivity contribution in [3.8, 4) is 0 Å². The average Bonchev–Trinajstić information content (AvgIpc) is 2.63. The molecule has 138 valence electrons. The first-order valence-electron chi connectivity index (χ1n) is 9.06. The number of carbonyl (C=O) groups excluding carboxylic acids is 1. The second-order valence-corrected chi connectivity index (χ2v) is 7.56. The minimum atomic E-state index is 0.177. The molecular formula is C20H25ClN4O. The lowest BCUT2D eigenvalue weighted by molar-refractivity contribution is -0.131. The topological polar surface area (TPSA) is 49.3 Å². The average molecular weight is 373 g/mol. The van der Waals surface area contributed by atoms with Gasteiger partial charge in [-0.25, -0.2) is 0 Å². The lowest BCUT2D eigenvalue weighted by Gasteiger charge is -2.40. The molecule has 6 heteroatoms. The van der Waals surface area contributed by atoms with Crippen LogP contribution < -0.4 is 4.90 Å². The highest BCUT2D eigenvalue weighted by Crippen LogP contribution is 2.20. The lowest BCUT2D eigenvalue weighted by Crippen LogP contribution is -2.54. The number of hydrogen-bond acceptors (Lipinski definition) is 4. The molecule has 0 saturated carbocycles. The third-order valence-electron chi connectivity index (χ3n) is 4.89. The van der Waals surface area contributed by atoms with Gasteiger partial charge in [-0.05, 0) is 36.1 Å². The van der Waals surface area contributed by atoms with Crippen molar-refractivity contribution in [2.24, 2.45) is 0 Å². The monoisotopic (exact) mass is 372 g/mol. The summed E-state index contributed by atoms with van der Waals surface area (Å²) in [6, 6.07) is 12.2. The van der Waals surface area contributed by atoms with Gasteiger partial charge in [0, 0.05) is 25.7 Å². The maximum Gasteiger partial charge on any atom is 0.227 e. The number of amides is 1. The normalized spacial score (nSPS) is 17.7. The van der Waals surface area contributed by atoms with Crippen LogP contribution in [0.4, 0.5) is 5.82 Å². The fraction of sp³-hybridized carbons (Fsp3) is 0.450. The van der Waals surface area contributed by atoms with E-state index in [1.165, 1.54) is 5.56 Å². The van der Waals surface area contributed by atoms with Crippen LogP contribution >= 0.6 is 11.6 Å². The molecule has 3 rings (SSSR count). The Bertz CT molecular complexity index is 745. The van der Waals surface area contributed by atoms with Crippen molar-refractivity contribution in [1.82, 2.24) is 15.1 Å². The first-order chi connectivity index (χ1) is 12.4. The molecule has 1 aliphatic heterocycles. The highest BCUT2D eigenvalue weighted by Gasteiger charge is 2.27. The Labute approximate surface area is 160 Å². The fourth-order valence-corrected chi connectivity index (χ4v) is 3.39. The van der Waals surface area contributed by atoms with Crippen LogP contribution in [0.3, 0.4) is 0 Å². The van der Waals surface area contributed by atoms with E-state index in [0.717, 1.165) is 17.9 Å². The summed E-state index contributed by atoms with van der Waals surface area (Å²) in [7, 11) is 0. The Morgan fingerprint density at radius 2 is 1.88 bits per heavy atom. The Kier molecular flexibility index (Phi) is 5.77. The highest BCUT2D eigenvalue weighted by atomic mass is 35.5. The second-order valence-electron chi connectivity index (χ2n) is 7.17. The van der Waals surface area contributed by atoms with Gasteiger partial charge in [0.25, 0.3) is 0 Å².